The number of carbonyl (C=O) groups is 1. The fraction of sp³-hybridized carbons (Fsp3) is 0.143. The highest BCUT2D eigenvalue weighted by Crippen LogP contribution is 2.27. The number of anilines is 1. The highest BCUT2D eigenvalue weighted by Gasteiger charge is 2.11. The van der Waals surface area contributed by atoms with E-state index in [4.69, 9.17) is 9.47 Å². The number of methoxy groups -OCH3 is 2. The molecule has 5 nitrogen and oxygen atoms in total. The molecule has 0 bridgehead atoms. The summed E-state index contributed by atoms with van der Waals surface area (Å²) in [6.45, 7) is 0. The number of nitrogens with one attached hydrogen (secondary N) is 1. The van der Waals surface area contributed by atoms with E-state index in [1.807, 2.05) is 36.4 Å². The van der Waals surface area contributed by atoms with E-state index in [1.165, 1.54) is 11.1 Å². The molecule has 3 rings (SSSR count). The van der Waals surface area contributed by atoms with Crippen LogP contribution in [0.2, 0.25) is 0 Å². The zero-order valence-electron chi connectivity index (χ0n) is 14.7. The van der Waals surface area contributed by atoms with Gasteiger partial charge in [0.25, 0.3) is 5.91 Å². The summed E-state index contributed by atoms with van der Waals surface area (Å²) in [5, 5.41) is 2.89. The number of rotatable bonds is 6. The molecule has 0 aliphatic heterocycles. The summed E-state index contributed by atoms with van der Waals surface area (Å²) in [7, 11) is 3.10. The summed E-state index contributed by atoms with van der Waals surface area (Å²) in [5.41, 5.74) is 3.61. The Morgan fingerprint density at radius 1 is 0.885 bits per heavy atom. The summed E-state index contributed by atoms with van der Waals surface area (Å²) in [6.07, 6.45) is 4.40. The van der Waals surface area contributed by atoms with Crippen LogP contribution in [-0.2, 0) is 6.42 Å². The van der Waals surface area contributed by atoms with Gasteiger partial charge < -0.3 is 14.8 Å². The molecule has 0 aliphatic carbocycles. The van der Waals surface area contributed by atoms with Crippen molar-refractivity contribution in [1.29, 1.82) is 0 Å². The van der Waals surface area contributed by atoms with Crippen LogP contribution in [-0.4, -0.2) is 25.1 Å². The van der Waals surface area contributed by atoms with Gasteiger partial charge in [-0.05, 0) is 60.0 Å². The molecular weight excluding hydrogens is 328 g/mol. The normalized spacial score (nSPS) is 10.2. The number of pyridine rings is 1. The average Bonchev–Trinajstić information content (AvgIpc) is 2.69. The van der Waals surface area contributed by atoms with E-state index < -0.39 is 0 Å². The maximum atomic E-state index is 12.4. The number of benzene rings is 2. The van der Waals surface area contributed by atoms with Crippen molar-refractivity contribution >= 4 is 11.6 Å². The van der Waals surface area contributed by atoms with Crippen LogP contribution in [0.1, 0.15) is 21.5 Å². The second-order valence-corrected chi connectivity index (χ2v) is 5.75. The molecule has 0 unspecified atom stereocenters. The summed E-state index contributed by atoms with van der Waals surface area (Å²) in [6, 6.07) is 16.9. The maximum absolute atomic E-state index is 12.4. The monoisotopic (exact) mass is 348 g/mol. The largest absolute Gasteiger partial charge is 0.493 e. The van der Waals surface area contributed by atoms with Gasteiger partial charge in [-0.3, -0.25) is 9.78 Å². The minimum atomic E-state index is -0.201. The van der Waals surface area contributed by atoms with Crippen molar-refractivity contribution in [3.63, 3.8) is 0 Å². The van der Waals surface area contributed by atoms with Crippen LogP contribution >= 0.6 is 0 Å². The highest BCUT2D eigenvalue weighted by molar-refractivity contribution is 6.04. The molecule has 0 aliphatic rings. The first kappa shape index (κ1) is 17.5. The van der Waals surface area contributed by atoms with Gasteiger partial charge in [0.2, 0.25) is 0 Å². The van der Waals surface area contributed by atoms with Crippen molar-refractivity contribution in [3.05, 3.63) is 83.7 Å². The lowest BCUT2D eigenvalue weighted by Crippen LogP contribution is -2.12. The standard InChI is InChI=1S/C21H20N2O3/c1-25-19-8-5-17(14-20(19)26-2)21(24)23-18-6-3-15(4-7-18)13-16-9-11-22-12-10-16/h3-12,14H,13H2,1-2H3,(H,23,24). The molecule has 1 heterocycles. The molecule has 0 atom stereocenters. The molecule has 1 aromatic heterocycles. The quantitative estimate of drug-likeness (QED) is 0.733. The molecule has 5 heteroatoms. The van der Waals surface area contributed by atoms with E-state index in [2.05, 4.69) is 10.3 Å². The minimum Gasteiger partial charge on any atom is -0.493 e. The van der Waals surface area contributed by atoms with E-state index >= 15 is 0 Å². The number of amides is 1. The van der Waals surface area contributed by atoms with Crippen LogP contribution in [0, 0.1) is 0 Å². The van der Waals surface area contributed by atoms with Gasteiger partial charge in [-0.15, -0.1) is 0 Å². The third-order valence-electron chi connectivity index (χ3n) is 4.02. The fourth-order valence-electron chi connectivity index (χ4n) is 2.62. The fourth-order valence-corrected chi connectivity index (χ4v) is 2.62. The van der Waals surface area contributed by atoms with Crippen molar-refractivity contribution in [2.75, 3.05) is 19.5 Å². The van der Waals surface area contributed by atoms with E-state index in [-0.39, 0.29) is 5.91 Å². The highest BCUT2D eigenvalue weighted by atomic mass is 16.5. The van der Waals surface area contributed by atoms with Crippen LogP contribution < -0.4 is 14.8 Å². The molecule has 0 spiro atoms. The van der Waals surface area contributed by atoms with Gasteiger partial charge in [-0.25, -0.2) is 0 Å². The molecule has 132 valence electrons. The molecule has 0 saturated heterocycles. The van der Waals surface area contributed by atoms with Crippen LogP contribution in [0.3, 0.4) is 0 Å². The summed E-state index contributed by atoms with van der Waals surface area (Å²) >= 11 is 0. The Hall–Kier alpha value is -3.34. The molecule has 26 heavy (non-hydrogen) atoms. The Bertz CT molecular complexity index is 878. The van der Waals surface area contributed by atoms with Crippen LogP contribution in [0.5, 0.6) is 11.5 Å². The number of hydrogen-bond donors (Lipinski definition) is 1. The van der Waals surface area contributed by atoms with Crippen LogP contribution in [0.25, 0.3) is 0 Å². The second-order valence-electron chi connectivity index (χ2n) is 5.75. The van der Waals surface area contributed by atoms with Crippen LogP contribution in [0.4, 0.5) is 5.69 Å². The molecule has 0 saturated carbocycles. The lowest BCUT2D eigenvalue weighted by molar-refractivity contribution is 0.102. The first-order chi connectivity index (χ1) is 12.7. The number of aromatic nitrogens is 1. The first-order valence-electron chi connectivity index (χ1n) is 8.21. The zero-order valence-corrected chi connectivity index (χ0v) is 14.7. The average molecular weight is 348 g/mol. The number of carbonyl (C=O) groups excluding carboxylic acids is 1. The lowest BCUT2D eigenvalue weighted by Gasteiger charge is -2.10. The van der Waals surface area contributed by atoms with Gasteiger partial charge in [0.05, 0.1) is 14.2 Å². The number of nitrogens with zero attached hydrogens (tertiary/aromatic N) is 1. The maximum Gasteiger partial charge on any atom is 0.255 e. The molecule has 1 N–H and O–H groups in total. The van der Waals surface area contributed by atoms with Gasteiger partial charge in [0.1, 0.15) is 0 Å². The van der Waals surface area contributed by atoms with Crippen LogP contribution in [0.15, 0.2) is 67.0 Å². The third-order valence-corrected chi connectivity index (χ3v) is 4.02. The Morgan fingerprint density at radius 3 is 2.19 bits per heavy atom. The van der Waals surface area contributed by atoms with E-state index in [0.717, 1.165) is 12.1 Å². The first-order valence-corrected chi connectivity index (χ1v) is 8.21. The Balaban J connectivity index is 1.68. The lowest BCUT2D eigenvalue weighted by atomic mass is 10.1. The molecule has 3 aromatic rings. The van der Waals surface area contributed by atoms with E-state index in [1.54, 1.807) is 44.8 Å². The van der Waals surface area contributed by atoms with Crippen molar-refractivity contribution < 1.29 is 14.3 Å². The summed E-state index contributed by atoms with van der Waals surface area (Å²) in [4.78, 5) is 16.5. The second kappa shape index (κ2) is 8.16. The number of hydrogen-bond acceptors (Lipinski definition) is 4. The van der Waals surface area contributed by atoms with Gasteiger partial charge in [-0.1, -0.05) is 12.1 Å². The Labute approximate surface area is 152 Å². The third kappa shape index (κ3) is 4.19. The summed E-state index contributed by atoms with van der Waals surface area (Å²) in [5.74, 6) is 0.908. The van der Waals surface area contributed by atoms with Gasteiger partial charge in [0, 0.05) is 23.6 Å². The molecule has 0 radical (unpaired) electrons. The smallest absolute Gasteiger partial charge is 0.255 e. The van der Waals surface area contributed by atoms with Gasteiger partial charge >= 0.3 is 0 Å². The van der Waals surface area contributed by atoms with Crippen molar-refractivity contribution in [2.24, 2.45) is 0 Å². The SMILES string of the molecule is COc1ccc(C(=O)Nc2ccc(Cc3ccncc3)cc2)cc1OC. The minimum absolute atomic E-state index is 0.201. The molecular formula is C21H20N2O3. The predicted octanol–water partition coefficient (Wildman–Crippen LogP) is 3.94. The topological polar surface area (TPSA) is 60.5 Å². The van der Waals surface area contributed by atoms with Crippen molar-refractivity contribution in [2.45, 2.75) is 6.42 Å². The van der Waals surface area contributed by atoms with Gasteiger partial charge in [-0.2, -0.15) is 0 Å². The van der Waals surface area contributed by atoms with E-state index in [0.29, 0.717) is 17.1 Å². The Morgan fingerprint density at radius 2 is 1.54 bits per heavy atom. The van der Waals surface area contributed by atoms with Crippen molar-refractivity contribution in [1.82, 2.24) is 4.98 Å². The van der Waals surface area contributed by atoms with E-state index in [9.17, 15) is 4.79 Å². The zero-order chi connectivity index (χ0) is 18.4. The number of ether oxygens (including phenoxy) is 2. The molecule has 1 amide bonds. The molecule has 0 fully saturated rings. The van der Waals surface area contributed by atoms with Crippen molar-refractivity contribution in [3.8, 4) is 11.5 Å². The van der Waals surface area contributed by atoms with Gasteiger partial charge in [0.15, 0.2) is 11.5 Å². The predicted molar refractivity (Wildman–Crippen MR) is 101 cm³/mol. The molecule has 2 aromatic carbocycles. The summed E-state index contributed by atoms with van der Waals surface area (Å²) < 4.78 is 10.4. The Kier molecular flexibility index (Phi) is 5.49.